The van der Waals surface area contributed by atoms with Gasteiger partial charge in [-0.3, -0.25) is 6.08 Å². The average molecular weight is 310 g/mol. The molecule has 1 aliphatic rings. The van der Waals surface area contributed by atoms with Gasteiger partial charge in [0.25, 0.3) is 0 Å². The number of hydrogen-bond donors (Lipinski definition) is 0. The van der Waals surface area contributed by atoms with Gasteiger partial charge < -0.3 is 19.6 Å². The molecule has 0 fully saturated rings. The molecule has 0 aromatic carbocycles. The first-order valence-electron chi connectivity index (χ1n) is 3.18. The Hall–Kier alpha value is 1.02. The minimum atomic E-state index is 0. The fraction of sp³-hybridized carbons (Fsp3) is 0.400. The smallest absolute Gasteiger partial charge is 0.384 e. The Balaban J connectivity index is -0.0000000337. The number of methoxy groups -OCH3 is 1. The van der Waals surface area contributed by atoms with Crippen molar-refractivity contribution in [1.82, 2.24) is 0 Å². The summed E-state index contributed by atoms with van der Waals surface area (Å²) in [7, 11) is 1.72. The summed E-state index contributed by atoms with van der Waals surface area (Å²) in [5.74, 6) is 0. The fourth-order valence-corrected chi connectivity index (χ4v) is 0.834. The van der Waals surface area contributed by atoms with Crippen molar-refractivity contribution in [2.24, 2.45) is 0 Å². The molecule has 0 aromatic rings. The number of rotatable bonds is 3. The first kappa shape index (κ1) is 36.0. The molecule has 5 heteroatoms. The molecule has 0 atom stereocenters. The molecule has 15 heavy (non-hydrogen) atoms. The quantitative estimate of drug-likeness (QED) is 0.568. The van der Waals surface area contributed by atoms with Crippen LogP contribution in [0.4, 0.5) is 0 Å². The molecular weight excluding hydrogens is 290 g/mol. The summed E-state index contributed by atoms with van der Waals surface area (Å²) in [6.07, 6.45) is 9.44. The first-order chi connectivity index (χ1) is 4.43. The summed E-state index contributed by atoms with van der Waals surface area (Å²) in [6.45, 7) is 0.812. The molecule has 0 saturated heterocycles. The second-order valence-electron chi connectivity index (χ2n) is 2.05. The van der Waals surface area contributed by atoms with Gasteiger partial charge in [-0.15, -0.1) is 43.6 Å². The zero-order chi connectivity index (χ0) is 6.53. The van der Waals surface area contributed by atoms with Crippen molar-refractivity contribution in [3.05, 3.63) is 38.7 Å². The van der Waals surface area contributed by atoms with E-state index in [1.807, 2.05) is 0 Å². The second-order valence-corrected chi connectivity index (χ2v) is 2.05. The van der Waals surface area contributed by atoms with Crippen LogP contribution < -0.4 is 0 Å². The number of hydrogen-bond acceptors (Lipinski definition) is 1. The topological polar surface area (TPSA) is 9.23 Å². The molecule has 0 heterocycles. The molecule has 1 aliphatic carbocycles. The third-order valence-electron chi connectivity index (χ3n) is 1.34. The van der Waals surface area contributed by atoms with E-state index in [2.05, 4.69) is 18.2 Å². The van der Waals surface area contributed by atoms with E-state index in [4.69, 9.17) is 4.74 Å². The maximum Gasteiger partial charge on any atom is 3.00 e. The van der Waals surface area contributed by atoms with Gasteiger partial charge in [0, 0.05) is 13.7 Å². The van der Waals surface area contributed by atoms with Crippen LogP contribution in [0.3, 0.4) is 0 Å². The van der Waals surface area contributed by atoms with Crippen molar-refractivity contribution in [2.45, 2.75) is 12.8 Å². The Morgan fingerprint density at radius 3 is 2.13 bits per heavy atom. The Kier molecular flexibility index (Phi) is 58.3. The van der Waals surface area contributed by atoms with Gasteiger partial charge in [0.2, 0.25) is 0 Å². The van der Waals surface area contributed by atoms with Crippen molar-refractivity contribution < 1.29 is 26.5 Å². The van der Waals surface area contributed by atoms with E-state index in [0.717, 1.165) is 19.4 Å². The maximum atomic E-state index is 4.91. The average Bonchev–Trinajstić information content (AvgIpc) is 2.34. The molecule has 0 spiro atoms. The molecule has 1 nitrogen and oxygen atoms in total. The van der Waals surface area contributed by atoms with E-state index >= 15 is 0 Å². The molecule has 0 unspecified atom stereocenters. The van der Waals surface area contributed by atoms with Gasteiger partial charge in [0.15, 0.2) is 0 Å². The summed E-state index contributed by atoms with van der Waals surface area (Å²) in [5.41, 5.74) is 1.29. The van der Waals surface area contributed by atoms with E-state index in [1.165, 1.54) is 5.57 Å². The van der Waals surface area contributed by atoms with E-state index in [9.17, 15) is 0 Å². The summed E-state index contributed by atoms with van der Waals surface area (Å²) in [5, 5.41) is 0. The zero-order valence-corrected chi connectivity index (χ0v) is 13.4. The largest absolute Gasteiger partial charge is 3.00 e. The summed E-state index contributed by atoms with van der Waals surface area (Å²) < 4.78 is 4.91. The molecule has 91 valence electrons. The maximum absolute atomic E-state index is 4.91. The third kappa shape index (κ3) is 17.6. The van der Waals surface area contributed by atoms with Gasteiger partial charge in [0.1, 0.15) is 0 Å². The predicted octanol–water partition coefficient (Wildman–Crippen LogP) is 3.88. The van der Waals surface area contributed by atoms with Crippen LogP contribution in [0, 0.1) is 20.9 Å². The summed E-state index contributed by atoms with van der Waals surface area (Å²) >= 11 is 0. The number of halogens is 3. The number of ether oxygens (including phenoxy) is 1. The Morgan fingerprint density at radius 1 is 1.27 bits per heavy atom. The van der Waals surface area contributed by atoms with Crippen LogP contribution in [0.5, 0.6) is 0 Å². The van der Waals surface area contributed by atoms with Crippen LogP contribution in [-0.4, -0.2) is 13.7 Å². The van der Waals surface area contributed by atoms with Crippen LogP contribution in [-0.2, 0) is 26.5 Å². The van der Waals surface area contributed by atoms with Crippen molar-refractivity contribution in [3.8, 4) is 0 Å². The fourth-order valence-electron chi connectivity index (χ4n) is 0.834. The molecule has 0 N–H and O–H groups in total. The van der Waals surface area contributed by atoms with Gasteiger partial charge in [-0.2, -0.15) is 6.08 Å². The standard InChI is InChI=1S/C8H11O.2CH3.3ClH.Ti/c1-9-7-6-8-4-2-3-5-8;;;;;;/h2,4H,3,6-7H2,1H3;2*1H3;3*1H;/q3*-1;;;;+3. The number of allylic oxidation sites excluding steroid dienone is 3. The van der Waals surface area contributed by atoms with Crippen molar-refractivity contribution >= 4 is 37.2 Å². The van der Waals surface area contributed by atoms with E-state index in [1.54, 1.807) is 7.11 Å². The van der Waals surface area contributed by atoms with Crippen molar-refractivity contribution in [1.29, 1.82) is 0 Å². The van der Waals surface area contributed by atoms with Crippen LogP contribution in [0.15, 0.2) is 17.7 Å². The third-order valence-corrected chi connectivity index (χ3v) is 1.34. The Bertz CT molecular complexity index is 150. The SMILES string of the molecule is COCCC1=[C-]CC=C1.Cl.Cl.Cl.[CH3-].[CH3-].[Ti+3]. The molecule has 0 bridgehead atoms. The van der Waals surface area contributed by atoms with Gasteiger partial charge >= 0.3 is 21.7 Å². The zero-order valence-electron chi connectivity index (χ0n) is 9.41. The Morgan fingerprint density at radius 2 is 1.80 bits per heavy atom. The van der Waals surface area contributed by atoms with Gasteiger partial charge in [0.05, 0.1) is 0 Å². The summed E-state index contributed by atoms with van der Waals surface area (Å²) in [4.78, 5) is 0. The molecule has 0 amide bonds. The molecule has 0 saturated carbocycles. The van der Waals surface area contributed by atoms with Crippen molar-refractivity contribution in [2.75, 3.05) is 13.7 Å². The van der Waals surface area contributed by atoms with Gasteiger partial charge in [-0.05, 0) is 6.42 Å². The van der Waals surface area contributed by atoms with Gasteiger partial charge in [-0.25, -0.2) is 11.6 Å². The van der Waals surface area contributed by atoms with E-state index < -0.39 is 0 Å². The van der Waals surface area contributed by atoms with Crippen LogP contribution in [0.25, 0.3) is 0 Å². The van der Waals surface area contributed by atoms with Crippen LogP contribution in [0.1, 0.15) is 12.8 Å². The minimum Gasteiger partial charge on any atom is -0.384 e. The molecule has 1 rings (SSSR count). The van der Waals surface area contributed by atoms with Crippen LogP contribution >= 0.6 is 37.2 Å². The molecular formula is C10H20Cl3OTi. The molecule has 0 aliphatic heterocycles. The van der Waals surface area contributed by atoms with E-state index in [0.29, 0.717) is 0 Å². The normalized spacial score (nSPS) is 9.80. The monoisotopic (exact) mass is 309 g/mol. The predicted molar refractivity (Wildman–Crippen MR) is 71.6 cm³/mol. The van der Waals surface area contributed by atoms with Crippen molar-refractivity contribution in [3.63, 3.8) is 0 Å². The van der Waals surface area contributed by atoms with Gasteiger partial charge in [-0.1, -0.05) is 0 Å². The summed E-state index contributed by atoms with van der Waals surface area (Å²) in [6, 6.07) is 0. The molecule has 0 aromatic heterocycles. The van der Waals surface area contributed by atoms with Crippen LogP contribution in [0.2, 0.25) is 0 Å². The van der Waals surface area contributed by atoms with E-state index in [-0.39, 0.29) is 73.8 Å². The second kappa shape index (κ2) is 24.3. The minimum absolute atomic E-state index is 0. The molecule has 1 radical (unpaired) electrons. The Labute approximate surface area is 128 Å². The first-order valence-corrected chi connectivity index (χ1v) is 3.18.